The fraction of sp³-hybridized carbons (Fsp3) is 1.00. The standard InChI is InChI=1S/C14H31NO4S/c1-5-8-11-15(12-9-6-2,13-10-7-3)14(4)19-20(16,17)18/h14H,5-13H2,1-4H3. The maximum Gasteiger partial charge on any atom is 0.222 e. The van der Waals surface area contributed by atoms with Crippen molar-refractivity contribution < 1.29 is 21.6 Å². The third kappa shape index (κ3) is 7.57. The van der Waals surface area contributed by atoms with Crippen LogP contribution in [0.1, 0.15) is 66.2 Å². The molecule has 0 aromatic heterocycles. The van der Waals surface area contributed by atoms with Gasteiger partial charge in [0.1, 0.15) is 0 Å². The van der Waals surface area contributed by atoms with E-state index in [0.29, 0.717) is 4.48 Å². The fourth-order valence-electron chi connectivity index (χ4n) is 2.56. The highest BCUT2D eigenvalue weighted by Gasteiger charge is 2.34. The SMILES string of the molecule is CCCC[N+](CCCC)(CCCC)C(C)OS(=O)(=O)[O-]. The van der Waals surface area contributed by atoms with Crippen LogP contribution >= 0.6 is 0 Å². The molecule has 0 amide bonds. The minimum atomic E-state index is -4.65. The fourth-order valence-corrected chi connectivity index (χ4v) is 3.09. The van der Waals surface area contributed by atoms with E-state index >= 15 is 0 Å². The molecular weight excluding hydrogens is 278 g/mol. The molecule has 1 atom stereocenters. The highest BCUT2D eigenvalue weighted by molar-refractivity contribution is 7.80. The van der Waals surface area contributed by atoms with Crippen molar-refractivity contribution in [1.29, 1.82) is 0 Å². The Hall–Kier alpha value is -0.170. The zero-order chi connectivity index (χ0) is 15.6. The maximum absolute atomic E-state index is 10.9. The van der Waals surface area contributed by atoms with E-state index in [-0.39, 0.29) is 0 Å². The van der Waals surface area contributed by atoms with E-state index in [1.54, 1.807) is 6.92 Å². The molecule has 0 spiro atoms. The Morgan fingerprint density at radius 1 is 0.950 bits per heavy atom. The van der Waals surface area contributed by atoms with Crippen molar-refractivity contribution in [3.63, 3.8) is 0 Å². The molecular formula is C14H31NO4S. The second kappa shape index (κ2) is 9.71. The van der Waals surface area contributed by atoms with E-state index in [0.717, 1.165) is 58.2 Å². The van der Waals surface area contributed by atoms with E-state index in [2.05, 4.69) is 20.8 Å². The van der Waals surface area contributed by atoms with Crippen molar-refractivity contribution in [2.24, 2.45) is 0 Å². The largest absolute Gasteiger partial charge is 0.725 e. The van der Waals surface area contributed by atoms with E-state index < -0.39 is 16.6 Å². The lowest BCUT2D eigenvalue weighted by Crippen LogP contribution is -2.57. The molecule has 6 heteroatoms. The molecule has 0 aliphatic carbocycles. The first kappa shape index (κ1) is 19.8. The molecule has 0 aliphatic rings. The lowest BCUT2D eigenvalue weighted by atomic mass is 10.1. The Balaban J connectivity index is 5.09. The first-order chi connectivity index (χ1) is 9.31. The average molecular weight is 309 g/mol. The van der Waals surface area contributed by atoms with E-state index in [1.165, 1.54) is 0 Å². The molecule has 0 saturated heterocycles. The van der Waals surface area contributed by atoms with Crippen LogP contribution in [0.15, 0.2) is 0 Å². The molecule has 0 fully saturated rings. The van der Waals surface area contributed by atoms with Gasteiger partial charge in [-0.15, -0.1) is 0 Å². The monoisotopic (exact) mass is 309 g/mol. The van der Waals surface area contributed by atoms with Crippen molar-refractivity contribution in [2.45, 2.75) is 72.4 Å². The first-order valence-corrected chi connectivity index (χ1v) is 9.14. The normalized spacial score (nSPS) is 14.4. The van der Waals surface area contributed by atoms with Crippen molar-refractivity contribution in [3.8, 4) is 0 Å². The summed E-state index contributed by atoms with van der Waals surface area (Å²) in [6, 6.07) is 0. The molecule has 0 bridgehead atoms. The van der Waals surface area contributed by atoms with Gasteiger partial charge in [-0.05, 0) is 19.3 Å². The van der Waals surface area contributed by atoms with Gasteiger partial charge in [-0.3, -0.25) is 4.48 Å². The minimum absolute atomic E-state index is 0.580. The molecule has 0 heterocycles. The summed E-state index contributed by atoms with van der Waals surface area (Å²) in [6.45, 7) is 10.7. The smallest absolute Gasteiger partial charge is 0.222 e. The Kier molecular flexibility index (Phi) is 9.63. The Morgan fingerprint density at radius 3 is 1.55 bits per heavy atom. The molecule has 0 N–H and O–H groups in total. The van der Waals surface area contributed by atoms with Crippen LogP contribution in [0.25, 0.3) is 0 Å². The van der Waals surface area contributed by atoms with Crippen LogP contribution in [0, 0.1) is 0 Å². The molecule has 0 saturated carbocycles. The predicted molar refractivity (Wildman–Crippen MR) is 79.8 cm³/mol. The minimum Gasteiger partial charge on any atom is -0.725 e. The molecule has 20 heavy (non-hydrogen) atoms. The zero-order valence-corrected chi connectivity index (χ0v) is 14.2. The predicted octanol–water partition coefficient (Wildman–Crippen LogP) is 3.03. The molecule has 0 aromatic carbocycles. The van der Waals surface area contributed by atoms with Crippen molar-refractivity contribution >= 4 is 10.4 Å². The first-order valence-electron chi connectivity index (χ1n) is 7.81. The van der Waals surface area contributed by atoms with Crippen molar-refractivity contribution in [3.05, 3.63) is 0 Å². The summed E-state index contributed by atoms with van der Waals surface area (Å²) in [4.78, 5) is 0. The summed E-state index contributed by atoms with van der Waals surface area (Å²) >= 11 is 0. The number of unbranched alkanes of at least 4 members (excludes halogenated alkanes) is 3. The Bertz CT molecular complexity index is 321. The van der Waals surface area contributed by atoms with Crippen molar-refractivity contribution in [1.82, 2.24) is 0 Å². The number of quaternary nitrogens is 1. The molecule has 1 unspecified atom stereocenters. The maximum atomic E-state index is 10.9. The van der Waals surface area contributed by atoms with Gasteiger partial charge in [-0.2, -0.15) is 0 Å². The number of hydrogen-bond acceptors (Lipinski definition) is 4. The van der Waals surface area contributed by atoms with Gasteiger partial charge in [0, 0.05) is 6.92 Å². The van der Waals surface area contributed by atoms with E-state index in [9.17, 15) is 13.0 Å². The van der Waals surface area contributed by atoms with E-state index in [4.69, 9.17) is 4.18 Å². The van der Waals surface area contributed by atoms with Crippen LogP contribution in [0.3, 0.4) is 0 Å². The van der Waals surface area contributed by atoms with Gasteiger partial charge >= 0.3 is 0 Å². The Morgan fingerprint density at radius 2 is 1.30 bits per heavy atom. The lowest BCUT2D eigenvalue weighted by Gasteiger charge is -2.43. The van der Waals surface area contributed by atoms with Gasteiger partial charge in [-0.25, -0.2) is 12.6 Å². The van der Waals surface area contributed by atoms with Crippen LogP contribution in [0.2, 0.25) is 0 Å². The second-order valence-corrected chi connectivity index (χ2v) is 6.56. The summed E-state index contributed by atoms with van der Waals surface area (Å²) in [5.74, 6) is 0. The summed E-state index contributed by atoms with van der Waals surface area (Å²) < 4.78 is 38.1. The lowest BCUT2D eigenvalue weighted by molar-refractivity contribution is -0.966. The number of nitrogens with zero attached hydrogens (tertiary/aromatic N) is 1. The Labute approximate surface area is 124 Å². The summed E-state index contributed by atoms with van der Waals surface area (Å²) in [7, 11) is -4.65. The van der Waals surface area contributed by atoms with Crippen LogP contribution in [-0.2, 0) is 14.6 Å². The summed E-state index contributed by atoms with van der Waals surface area (Å²) in [5, 5.41) is 0. The third-order valence-corrected chi connectivity index (χ3v) is 4.41. The van der Waals surface area contributed by atoms with E-state index in [1.807, 2.05) is 0 Å². The van der Waals surface area contributed by atoms with Gasteiger partial charge in [0.15, 0.2) is 0 Å². The topological polar surface area (TPSA) is 66.4 Å². The van der Waals surface area contributed by atoms with Crippen LogP contribution in [0.5, 0.6) is 0 Å². The quantitative estimate of drug-likeness (QED) is 0.240. The second-order valence-electron chi connectivity index (χ2n) is 5.55. The summed E-state index contributed by atoms with van der Waals surface area (Å²) in [6.07, 6.45) is 5.60. The van der Waals surface area contributed by atoms with Crippen molar-refractivity contribution in [2.75, 3.05) is 19.6 Å². The molecule has 5 nitrogen and oxygen atoms in total. The third-order valence-electron chi connectivity index (χ3n) is 3.90. The number of hydrogen-bond donors (Lipinski definition) is 0. The van der Waals surface area contributed by atoms with Gasteiger partial charge in [0.05, 0.1) is 19.6 Å². The highest BCUT2D eigenvalue weighted by atomic mass is 32.3. The van der Waals surface area contributed by atoms with Gasteiger partial charge in [0.25, 0.3) is 0 Å². The zero-order valence-electron chi connectivity index (χ0n) is 13.4. The van der Waals surface area contributed by atoms with Crippen LogP contribution < -0.4 is 0 Å². The van der Waals surface area contributed by atoms with Gasteiger partial charge in [0.2, 0.25) is 16.6 Å². The number of rotatable bonds is 12. The highest BCUT2D eigenvalue weighted by Crippen LogP contribution is 2.21. The van der Waals surface area contributed by atoms with Gasteiger partial charge < -0.3 is 4.55 Å². The van der Waals surface area contributed by atoms with Crippen LogP contribution in [0.4, 0.5) is 0 Å². The van der Waals surface area contributed by atoms with Gasteiger partial charge in [-0.1, -0.05) is 40.0 Å². The molecule has 0 radical (unpaired) electrons. The molecule has 0 aliphatic heterocycles. The molecule has 0 aromatic rings. The van der Waals surface area contributed by atoms with Crippen LogP contribution in [-0.4, -0.2) is 43.3 Å². The molecule has 122 valence electrons. The summed E-state index contributed by atoms with van der Waals surface area (Å²) in [5.41, 5.74) is 0. The molecule has 0 rings (SSSR count). The average Bonchev–Trinajstić information content (AvgIpc) is 2.36.